The van der Waals surface area contributed by atoms with Crippen molar-refractivity contribution >= 4 is 17.7 Å². The van der Waals surface area contributed by atoms with Crippen LogP contribution in [0.1, 0.15) is 18.0 Å². The Hall–Kier alpha value is -2.30. The fourth-order valence-corrected chi connectivity index (χ4v) is 3.66. The number of carbonyl (C=O) groups excluding carboxylic acids is 1. The van der Waals surface area contributed by atoms with E-state index in [-0.39, 0.29) is 24.8 Å². The summed E-state index contributed by atoms with van der Waals surface area (Å²) >= 11 is 1.56. The maximum absolute atomic E-state index is 12.3. The summed E-state index contributed by atoms with van der Waals surface area (Å²) in [5.74, 6) is 2.23. The third-order valence-electron chi connectivity index (χ3n) is 4.32. The van der Waals surface area contributed by atoms with Gasteiger partial charge in [0.05, 0.1) is 0 Å². The van der Waals surface area contributed by atoms with Gasteiger partial charge in [0.15, 0.2) is 16.7 Å². The molecule has 2 aliphatic heterocycles. The number of benzene rings is 1. The fraction of sp³-hybridized carbons (Fsp3) is 0.438. The number of hydrogen-bond acceptors (Lipinski definition) is 8. The summed E-state index contributed by atoms with van der Waals surface area (Å²) in [5.41, 5.74) is 7.31. The van der Waals surface area contributed by atoms with E-state index in [1.165, 1.54) is 0 Å². The average Bonchev–Trinajstić information content (AvgIpc) is 3.38. The van der Waals surface area contributed by atoms with Crippen LogP contribution in [0, 0.1) is 0 Å². The molecule has 1 saturated heterocycles. The zero-order chi connectivity index (χ0) is 17.9. The number of thioether (sulfide) groups is 1. The van der Waals surface area contributed by atoms with Gasteiger partial charge in [-0.3, -0.25) is 4.79 Å². The molecular weight excluding hydrogens is 356 g/mol. The second-order valence-corrected chi connectivity index (χ2v) is 7.17. The molecule has 0 aliphatic carbocycles. The van der Waals surface area contributed by atoms with Crippen LogP contribution in [0.25, 0.3) is 0 Å². The molecule has 1 amide bonds. The van der Waals surface area contributed by atoms with E-state index in [0.29, 0.717) is 13.0 Å². The lowest BCUT2D eigenvalue weighted by molar-refractivity contribution is -0.122. The normalized spacial score (nSPS) is 21.1. The van der Waals surface area contributed by atoms with Crippen molar-refractivity contribution in [2.45, 2.75) is 23.7 Å². The van der Waals surface area contributed by atoms with Crippen molar-refractivity contribution < 1.29 is 14.3 Å². The molecule has 1 aromatic heterocycles. The second-order valence-electron chi connectivity index (χ2n) is 6.11. The molecule has 1 aromatic carbocycles. The zero-order valence-corrected chi connectivity index (χ0v) is 15.1. The Kier molecular flexibility index (Phi) is 4.96. The number of amides is 1. The van der Waals surface area contributed by atoms with Crippen LogP contribution in [0.2, 0.25) is 0 Å². The number of nitrogens with one attached hydrogen (secondary N) is 3. The largest absolute Gasteiger partial charge is 0.454 e. The highest BCUT2D eigenvalue weighted by atomic mass is 32.2. The topological polar surface area (TPSA) is 102 Å². The number of fused-ring (bicyclic) bond motifs is 1. The number of aryl methyl sites for hydroxylation is 1. The number of aromatic nitrogens is 3. The van der Waals surface area contributed by atoms with Crippen LogP contribution in [-0.4, -0.2) is 45.8 Å². The summed E-state index contributed by atoms with van der Waals surface area (Å²) in [4.78, 5) is 12.3. The van der Waals surface area contributed by atoms with Gasteiger partial charge >= 0.3 is 0 Å². The van der Waals surface area contributed by atoms with Gasteiger partial charge in [-0.15, -0.1) is 10.2 Å². The van der Waals surface area contributed by atoms with Crippen molar-refractivity contribution in [1.29, 1.82) is 0 Å². The van der Waals surface area contributed by atoms with Gasteiger partial charge in [-0.25, -0.2) is 10.9 Å². The highest BCUT2D eigenvalue weighted by molar-refractivity contribution is 7.99. The molecule has 0 radical (unpaired) electrons. The zero-order valence-electron chi connectivity index (χ0n) is 14.3. The maximum Gasteiger partial charge on any atom is 0.238 e. The van der Waals surface area contributed by atoms with E-state index in [0.717, 1.165) is 28.0 Å². The molecule has 2 atom stereocenters. The van der Waals surface area contributed by atoms with Crippen molar-refractivity contribution in [3.05, 3.63) is 30.1 Å². The summed E-state index contributed by atoms with van der Waals surface area (Å²) in [6.07, 6.45) is 2.33. The molecular formula is C16H20N6O3S. The summed E-state index contributed by atoms with van der Waals surface area (Å²) < 4.78 is 12.6. The smallest absolute Gasteiger partial charge is 0.238 e. The SMILES string of the molecule is Cn1cnnc1SCCNC(=O)C1CC(c2ccc3c(c2)OCO3)NN1. The van der Waals surface area contributed by atoms with Crippen molar-refractivity contribution in [1.82, 2.24) is 30.9 Å². The minimum atomic E-state index is -0.273. The lowest BCUT2D eigenvalue weighted by atomic mass is 10.0. The summed E-state index contributed by atoms with van der Waals surface area (Å²) in [6, 6.07) is 5.62. The Morgan fingerprint density at radius 2 is 2.27 bits per heavy atom. The second kappa shape index (κ2) is 7.52. The number of hydrazine groups is 1. The lowest BCUT2D eigenvalue weighted by Crippen LogP contribution is -2.43. The van der Waals surface area contributed by atoms with Crippen LogP contribution in [-0.2, 0) is 11.8 Å². The van der Waals surface area contributed by atoms with E-state index >= 15 is 0 Å². The molecule has 3 heterocycles. The summed E-state index contributed by atoms with van der Waals surface area (Å²) in [7, 11) is 1.89. The molecule has 0 bridgehead atoms. The van der Waals surface area contributed by atoms with Gasteiger partial charge in [0.2, 0.25) is 12.7 Å². The van der Waals surface area contributed by atoms with Crippen LogP contribution in [0.4, 0.5) is 0 Å². The summed E-state index contributed by atoms with van der Waals surface area (Å²) in [5, 5.41) is 11.6. The average molecular weight is 376 g/mol. The van der Waals surface area contributed by atoms with Gasteiger partial charge in [-0.05, 0) is 24.1 Å². The van der Waals surface area contributed by atoms with Crippen LogP contribution in [0.3, 0.4) is 0 Å². The minimum Gasteiger partial charge on any atom is -0.454 e. The van der Waals surface area contributed by atoms with Gasteiger partial charge in [0.25, 0.3) is 0 Å². The van der Waals surface area contributed by atoms with Crippen molar-refractivity contribution in [3.63, 3.8) is 0 Å². The third kappa shape index (κ3) is 3.62. The first kappa shape index (κ1) is 17.1. The van der Waals surface area contributed by atoms with Gasteiger partial charge in [-0.2, -0.15) is 0 Å². The predicted molar refractivity (Wildman–Crippen MR) is 94.7 cm³/mol. The summed E-state index contributed by atoms with van der Waals surface area (Å²) in [6.45, 7) is 0.829. The van der Waals surface area contributed by atoms with Gasteiger partial charge in [-0.1, -0.05) is 17.8 Å². The highest BCUT2D eigenvalue weighted by Crippen LogP contribution is 2.35. The number of rotatable bonds is 6. The molecule has 2 unspecified atom stereocenters. The molecule has 9 nitrogen and oxygen atoms in total. The minimum absolute atomic E-state index is 0.0145. The van der Waals surface area contributed by atoms with Crippen molar-refractivity contribution in [2.75, 3.05) is 19.1 Å². The van der Waals surface area contributed by atoms with Crippen LogP contribution >= 0.6 is 11.8 Å². The molecule has 4 rings (SSSR count). The number of carbonyl (C=O) groups is 1. The van der Waals surface area contributed by atoms with E-state index in [9.17, 15) is 4.79 Å². The monoisotopic (exact) mass is 376 g/mol. The standard InChI is InChI=1S/C16H20N6O3S/c1-22-8-18-21-16(22)26-5-4-17-15(23)12-7-11(19-20-12)10-2-3-13-14(6-10)25-9-24-13/h2-3,6,8,11-12,19-20H,4-5,7,9H2,1H3,(H,17,23). The molecule has 3 N–H and O–H groups in total. The Morgan fingerprint density at radius 3 is 3.12 bits per heavy atom. The fourth-order valence-electron chi connectivity index (χ4n) is 2.92. The van der Waals surface area contributed by atoms with Crippen LogP contribution in [0.15, 0.2) is 29.7 Å². The molecule has 0 spiro atoms. The number of nitrogens with zero attached hydrogens (tertiary/aromatic N) is 3. The molecule has 2 aliphatic rings. The van der Waals surface area contributed by atoms with E-state index in [1.807, 2.05) is 29.8 Å². The van der Waals surface area contributed by atoms with Gasteiger partial charge in [0.1, 0.15) is 12.4 Å². The van der Waals surface area contributed by atoms with Crippen molar-refractivity contribution in [2.24, 2.45) is 7.05 Å². The van der Waals surface area contributed by atoms with Gasteiger partial charge < -0.3 is 19.4 Å². The lowest BCUT2D eigenvalue weighted by Gasteiger charge is -2.11. The van der Waals surface area contributed by atoms with Crippen LogP contribution in [0.5, 0.6) is 11.5 Å². The van der Waals surface area contributed by atoms with Gasteiger partial charge in [0, 0.05) is 25.4 Å². The van der Waals surface area contributed by atoms with E-state index in [1.54, 1.807) is 18.1 Å². The van der Waals surface area contributed by atoms with E-state index < -0.39 is 0 Å². The molecule has 0 saturated carbocycles. The van der Waals surface area contributed by atoms with Crippen LogP contribution < -0.4 is 25.6 Å². The Balaban J connectivity index is 1.24. The highest BCUT2D eigenvalue weighted by Gasteiger charge is 2.30. The Morgan fingerprint density at radius 1 is 1.38 bits per heavy atom. The Bertz CT molecular complexity index is 798. The first-order valence-electron chi connectivity index (χ1n) is 8.36. The Labute approximate surface area is 154 Å². The number of ether oxygens (including phenoxy) is 2. The number of hydrogen-bond donors (Lipinski definition) is 3. The quantitative estimate of drug-likeness (QED) is 0.491. The maximum atomic E-state index is 12.3. The molecule has 26 heavy (non-hydrogen) atoms. The third-order valence-corrected chi connectivity index (χ3v) is 5.36. The predicted octanol–water partition coefficient (Wildman–Crippen LogP) is 0.360. The first-order chi connectivity index (χ1) is 12.7. The molecule has 138 valence electrons. The van der Waals surface area contributed by atoms with E-state index in [4.69, 9.17) is 9.47 Å². The van der Waals surface area contributed by atoms with E-state index in [2.05, 4.69) is 26.4 Å². The first-order valence-corrected chi connectivity index (χ1v) is 9.34. The molecule has 1 fully saturated rings. The van der Waals surface area contributed by atoms with Crippen molar-refractivity contribution in [3.8, 4) is 11.5 Å². The molecule has 10 heteroatoms. The molecule has 2 aromatic rings.